The van der Waals surface area contributed by atoms with Crippen LogP contribution in [0.1, 0.15) is 33.1 Å². The molecule has 0 saturated heterocycles. The third kappa shape index (κ3) is 4.38. The van der Waals surface area contributed by atoms with Crippen LogP contribution in [-0.2, 0) is 24.4 Å². The first-order valence-electron chi connectivity index (χ1n) is 8.01. The van der Waals surface area contributed by atoms with Crippen LogP contribution < -0.4 is 15.4 Å². The Morgan fingerprint density at radius 3 is 2.15 bits per heavy atom. The van der Waals surface area contributed by atoms with Crippen molar-refractivity contribution in [3.63, 3.8) is 0 Å². The van der Waals surface area contributed by atoms with E-state index < -0.39 is 33.5 Å². The minimum absolute atomic E-state index is 0.0807. The van der Waals surface area contributed by atoms with Gasteiger partial charge in [0.05, 0.1) is 10.9 Å². The molecule has 1 fully saturated rings. The van der Waals surface area contributed by atoms with Crippen LogP contribution in [0.25, 0.3) is 0 Å². The van der Waals surface area contributed by atoms with Crippen LogP contribution >= 0.6 is 0 Å². The van der Waals surface area contributed by atoms with Gasteiger partial charge in [0.2, 0.25) is 21.8 Å². The lowest BCUT2D eigenvalue weighted by molar-refractivity contribution is -0.152. The van der Waals surface area contributed by atoms with Crippen molar-refractivity contribution in [1.29, 1.82) is 0 Å². The average molecular weight is 383 g/mol. The third-order valence-corrected chi connectivity index (χ3v) is 5.75. The van der Waals surface area contributed by atoms with Gasteiger partial charge in [-0.1, -0.05) is 0 Å². The van der Waals surface area contributed by atoms with E-state index in [2.05, 4.69) is 15.4 Å². The zero-order chi connectivity index (χ0) is 19.5. The summed E-state index contributed by atoms with van der Waals surface area (Å²) in [6.45, 7) is 2.67. The maximum Gasteiger partial charge on any atom is 0.329 e. The molecule has 0 heterocycles. The van der Waals surface area contributed by atoms with Crippen LogP contribution in [0.4, 0.5) is 5.69 Å². The summed E-state index contributed by atoms with van der Waals surface area (Å²) >= 11 is 0. The van der Waals surface area contributed by atoms with Crippen LogP contribution in [0.3, 0.4) is 0 Å². The fourth-order valence-corrected chi connectivity index (χ4v) is 3.74. The van der Waals surface area contributed by atoms with E-state index in [4.69, 9.17) is 0 Å². The number of carboxylic acid groups (broad SMARTS) is 1. The minimum atomic E-state index is -3.99. The second-order valence-corrected chi connectivity index (χ2v) is 7.99. The van der Waals surface area contributed by atoms with Gasteiger partial charge in [0, 0.05) is 12.6 Å². The van der Waals surface area contributed by atoms with Crippen molar-refractivity contribution in [3.8, 4) is 0 Å². The van der Waals surface area contributed by atoms with Crippen LogP contribution in [0, 0.1) is 0 Å². The number of nitrogens with one attached hydrogen (secondary N) is 3. The number of aliphatic carboxylic acids is 1. The number of carbonyl (C=O) groups is 3. The van der Waals surface area contributed by atoms with Gasteiger partial charge in [-0.25, -0.2) is 13.2 Å². The molecule has 0 spiro atoms. The number of hydrogen-bond donors (Lipinski definition) is 4. The number of sulfonamides is 1. The Morgan fingerprint density at radius 2 is 1.73 bits per heavy atom. The van der Waals surface area contributed by atoms with Crippen molar-refractivity contribution in [2.75, 3.05) is 5.32 Å². The fourth-order valence-electron chi connectivity index (χ4n) is 2.54. The molecule has 2 rings (SSSR count). The van der Waals surface area contributed by atoms with Crippen molar-refractivity contribution in [3.05, 3.63) is 24.3 Å². The summed E-state index contributed by atoms with van der Waals surface area (Å²) in [6.07, 6.45) is 1.32. The van der Waals surface area contributed by atoms with Gasteiger partial charge in [-0.3, -0.25) is 9.59 Å². The topological polar surface area (TPSA) is 142 Å². The van der Waals surface area contributed by atoms with Gasteiger partial charge in [-0.05, 0) is 50.5 Å². The Balaban J connectivity index is 2.04. The van der Waals surface area contributed by atoms with E-state index in [1.807, 2.05) is 0 Å². The lowest BCUT2D eigenvalue weighted by Crippen LogP contribution is -2.62. The zero-order valence-corrected chi connectivity index (χ0v) is 15.2. The standard InChI is InChI=1S/C16H21N3O6S/c1-10(14(21)18-16(15(22)23)8-3-9-16)19-26(24,25)13-6-4-12(5-7-13)17-11(2)20/h4-7,10,19H,3,8-9H2,1-2H3,(H,17,20)(H,18,21)(H,22,23). The van der Waals surface area contributed by atoms with Gasteiger partial charge in [0.1, 0.15) is 5.54 Å². The smallest absolute Gasteiger partial charge is 0.329 e. The summed E-state index contributed by atoms with van der Waals surface area (Å²) in [5.74, 6) is -2.11. The van der Waals surface area contributed by atoms with Crippen LogP contribution in [0.2, 0.25) is 0 Å². The van der Waals surface area contributed by atoms with E-state index in [-0.39, 0.29) is 10.8 Å². The first-order valence-corrected chi connectivity index (χ1v) is 9.49. The van der Waals surface area contributed by atoms with E-state index >= 15 is 0 Å². The van der Waals surface area contributed by atoms with E-state index in [1.54, 1.807) is 0 Å². The molecule has 10 heteroatoms. The van der Waals surface area contributed by atoms with Crippen LogP contribution in [-0.4, -0.2) is 42.9 Å². The highest BCUT2D eigenvalue weighted by Crippen LogP contribution is 2.32. The van der Waals surface area contributed by atoms with Gasteiger partial charge in [0.15, 0.2) is 0 Å². The van der Waals surface area contributed by atoms with Gasteiger partial charge in [-0.15, -0.1) is 0 Å². The molecule has 0 bridgehead atoms. The number of carbonyl (C=O) groups excluding carboxylic acids is 2. The largest absolute Gasteiger partial charge is 0.480 e. The first-order chi connectivity index (χ1) is 12.1. The quantitative estimate of drug-likeness (QED) is 0.538. The maximum atomic E-state index is 12.4. The lowest BCUT2D eigenvalue weighted by Gasteiger charge is -2.38. The number of benzene rings is 1. The molecular formula is C16H21N3O6S. The Hall–Kier alpha value is -2.46. The number of carboxylic acids is 1. The Morgan fingerprint density at radius 1 is 1.15 bits per heavy atom. The summed E-state index contributed by atoms with van der Waals surface area (Å²) in [5, 5.41) is 14.2. The predicted molar refractivity (Wildman–Crippen MR) is 92.9 cm³/mol. The lowest BCUT2D eigenvalue weighted by atomic mass is 9.76. The monoisotopic (exact) mass is 383 g/mol. The number of anilines is 1. The van der Waals surface area contributed by atoms with Crippen LogP contribution in [0.15, 0.2) is 29.2 Å². The number of hydrogen-bond acceptors (Lipinski definition) is 5. The second-order valence-electron chi connectivity index (χ2n) is 6.28. The molecule has 142 valence electrons. The summed E-state index contributed by atoms with van der Waals surface area (Å²) < 4.78 is 27.0. The highest BCUT2D eigenvalue weighted by atomic mass is 32.2. The van der Waals surface area contributed by atoms with Crippen molar-refractivity contribution >= 4 is 33.5 Å². The molecule has 1 aromatic rings. The summed E-state index contributed by atoms with van der Waals surface area (Å²) in [7, 11) is -3.99. The maximum absolute atomic E-state index is 12.4. The van der Waals surface area contributed by atoms with Gasteiger partial charge in [0.25, 0.3) is 0 Å². The van der Waals surface area contributed by atoms with Gasteiger partial charge < -0.3 is 15.7 Å². The molecule has 1 aromatic carbocycles. The van der Waals surface area contributed by atoms with E-state index in [1.165, 1.54) is 38.1 Å². The first kappa shape index (κ1) is 19.9. The molecule has 1 unspecified atom stereocenters. The van der Waals surface area contributed by atoms with Crippen molar-refractivity contribution < 1.29 is 27.9 Å². The number of rotatable bonds is 7. The predicted octanol–water partition coefficient (Wildman–Crippen LogP) is 0.435. The van der Waals surface area contributed by atoms with E-state index in [9.17, 15) is 27.9 Å². The molecular weight excluding hydrogens is 362 g/mol. The molecule has 26 heavy (non-hydrogen) atoms. The summed E-state index contributed by atoms with van der Waals surface area (Å²) in [5.41, 5.74) is -0.868. The third-order valence-electron chi connectivity index (χ3n) is 4.19. The fraction of sp³-hybridized carbons (Fsp3) is 0.438. The molecule has 1 aliphatic carbocycles. The highest BCUT2D eigenvalue weighted by molar-refractivity contribution is 7.89. The molecule has 0 radical (unpaired) electrons. The average Bonchev–Trinajstić information content (AvgIpc) is 2.49. The van der Waals surface area contributed by atoms with E-state index in [0.717, 1.165) is 0 Å². The molecule has 0 aliphatic heterocycles. The SMILES string of the molecule is CC(=O)Nc1ccc(S(=O)(=O)NC(C)C(=O)NC2(C(=O)O)CCC2)cc1. The minimum Gasteiger partial charge on any atom is -0.480 e. The van der Waals surface area contributed by atoms with Gasteiger partial charge >= 0.3 is 5.97 Å². The molecule has 4 N–H and O–H groups in total. The molecule has 9 nitrogen and oxygen atoms in total. The van der Waals surface area contributed by atoms with Crippen LogP contribution in [0.5, 0.6) is 0 Å². The van der Waals surface area contributed by atoms with Crippen molar-refractivity contribution in [2.24, 2.45) is 0 Å². The molecule has 0 aromatic heterocycles. The second kappa shape index (κ2) is 7.42. The van der Waals surface area contributed by atoms with Gasteiger partial charge in [-0.2, -0.15) is 4.72 Å². The Bertz CT molecular complexity index is 815. The van der Waals surface area contributed by atoms with E-state index in [0.29, 0.717) is 24.9 Å². The Labute approximate surface area is 151 Å². The normalized spacial score (nSPS) is 16.8. The molecule has 1 atom stereocenters. The van der Waals surface area contributed by atoms with Crippen molar-refractivity contribution in [1.82, 2.24) is 10.0 Å². The zero-order valence-electron chi connectivity index (χ0n) is 14.4. The molecule has 2 amide bonds. The number of amides is 2. The summed E-state index contributed by atoms with van der Waals surface area (Å²) in [6, 6.07) is 4.29. The molecule has 1 aliphatic rings. The molecule has 1 saturated carbocycles. The summed E-state index contributed by atoms with van der Waals surface area (Å²) in [4.78, 5) is 34.4. The highest BCUT2D eigenvalue weighted by Gasteiger charge is 2.46. The Kier molecular flexibility index (Phi) is 5.67. The van der Waals surface area contributed by atoms with Crippen molar-refractivity contribution in [2.45, 2.75) is 49.6 Å².